The zero-order chi connectivity index (χ0) is 20.6. The van der Waals surface area contributed by atoms with Crippen molar-refractivity contribution >= 4 is 40.0 Å². The van der Waals surface area contributed by atoms with Crippen LogP contribution in [-0.4, -0.2) is 63.9 Å². The van der Waals surface area contributed by atoms with E-state index in [-0.39, 0.29) is 24.0 Å². The van der Waals surface area contributed by atoms with Crippen molar-refractivity contribution in [3.8, 4) is 0 Å². The van der Waals surface area contributed by atoms with Crippen molar-refractivity contribution in [1.82, 2.24) is 14.9 Å². The summed E-state index contributed by atoms with van der Waals surface area (Å²) in [5.41, 5.74) is 0.555. The van der Waals surface area contributed by atoms with Crippen molar-refractivity contribution in [1.29, 1.82) is 0 Å². The average molecular weight is 538 g/mol. The van der Waals surface area contributed by atoms with Gasteiger partial charge in [0.2, 0.25) is 10.0 Å². The van der Waals surface area contributed by atoms with Gasteiger partial charge in [0.15, 0.2) is 5.96 Å². The van der Waals surface area contributed by atoms with Gasteiger partial charge < -0.3 is 15.0 Å². The number of halogens is 1. The van der Waals surface area contributed by atoms with Crippen molar-refractivity contribution in [2.75, 3.05) is 39.0 Å². The summed E-state index contributed by atoms with van der Waals surface area (Å²) < 4.78 is 31.6. The highest BCUT2D eigenvalue weighted by molar-refractivity contribution is 14.0. The average Bonchev–Trinajstić information content (AvgIpc) is 3.06. The Morgan fingerprint density at radius 2 is 2.00 bits per heavy atom. The lowest BCUT2D eigenvalue weighted by molar-refractivity contribution is 0.0906. The monoisotopic (exact) mass is 538 g/mol. The quantitative estimate of drug-likeness (QED) is 0.287. The van der Waals surface area contributed by atoms with E-state index in [0.717, 1.165) is 38.6 Å². The van der Waals surface area contributed by atoms with Gasteiger partial charge in [0.1, 0.15) is 0 Å². The van der Waals surface area contributed by atoms with E-state index in [1.165, 1.54) is 11.8 Å². The van der Waals surface area contributed by atoms with Crippen LogP contribution in [0.1, 0.15) is 32.8 Å². The molecule has 0 aliphatic carbocycles. The Balaban J connectivity index is 0.00000420. The number of hydrogen-bond acceptors (Lipinski definition) is 4. The van der Waals surface area contributed by atoms with Gasteiger partial charge in [0.25, 0.3) is 0 Å². The van der Waals surface area contributed by atoms with E-state index in [1.807, 2.05) is 39.0 Å². The lowest BCUT2D eigenvalue weighted by Gasteiger charge is -2.26. The Hall–Kier alpha value is -0.910. The number of likely N-dealkylation sites (tertiary alicyclic amines) is 1. The summed E-state index contributed by atoms with van der Waals surface area (Å²) in [5, 5.41) is 3.32. The number of hydrogen-bond donors (Lipinski definition) is 2. The Morgan fingerprint density at radius 1 is 1.31 bits per heavy atom. The summed E-state index contributed by atoms with van der Waals surface area (Å²) in [4.78, 5) is 6.91. The molecule has 1 heterocycles. The molecular formula is C20H35IN4O3S. The molecule has 0 saturated carbocycles. The van der Waals surface area contributed by atoms with Crippen LogP contribution in [0, 0.1) is 5.92 Å². The van der Waals surface area contributed by atoms with Crippen LogP contribution in [0.4, 0.5) is 0 Å². The Bertz CT molecular complexity index is 741. The van der Waals surface area contributed by atoms with Gasteiger partial charge in [-0.3, -0.25) is 4.99 Å². The van der Waals surface area contributed by atoms with Crippen molar-refractivity contribution in [3.05, 3.63) is 35.9 Å². The van der Waals surface area contributed by atoms with Gasteiger partial charge >= 0.3 is 0 Å². The maximum absolute atomic E-state index is 11.5. The highest BCUT2D eigenvalue weighted by atomic mass is 127. The molecule has 1 aromatic carbocycles. The standard InChI is InChI=1S/C20H34N4O3S.HI/c1-5-21-19(22-16-20(2,3)23-28(4,25)26)24-12-11-18(13-24)15-27-14-17-9-7-6-8-10-17;/h6-10,18,23H,5,11-16H2,1-4H3,(H,21,22);1H. The third-order valence-electron chi connectivity index (χ3n) is 4.47. The summed E-state index contributed by atoms with van der Waals surface area (Å²) in [6.45, 7) is 10.0. The number of benzene rings is 1. The van der Waals surface area contributed by atoms with E-state index in [2.05, 4.69) is 32.1 Å². The third kappa shape index (κ3) is 10.1. The Labute approximate surface area is 192 Å². The van der Waals surface area contributed by atoms with Crippen LogP contribution in [0.15, 0.2) is 35.3 Å². The number of aliphatic imine (C=N–C) groups is 1. The fourth-order valence-electron chi connectivity index (χ4n) is 3.31. The minimum atomic E-state index is -3.27. The smallest absolute Gasteiger partial charge is 0.209 e. The van der Waals surface area contributed by atoms with E-state index >= 15 is 0 Å². The molecule has 0 radical (unpaired) electrons. The number of ether oxygens (including phenoxy) is 1. The fourth-order valence-corrected chi connectivity index (χ4v) is 4.38. The summed E-state index contributed by atoms with van der Waals surface area (Å²) in [7, 11) is -3.27. The summed E-state index contributed by atoms with van der Waals surface area (Å²) in [6.07, 6.45) is 2.23. The highest BCUT2D eigenvalue weighted by Gasteiger charge is 2.27. The molecule has 0 bridgehead atoms. The summed E-state index contributed by atoms with van der Waals surface area (Å²) in [5.74, 6) is 1.30. The summed E-state index contributed by atoms with van der Waals surface area (Å²) in [6, 6.07) is 10.2. The molecule has 1 fully saturated rings. The van der Waals surface area contributed by atoms with Crippen LogP contribution in [0.25, 0.3) is 0 Å². The van der Waals surface area contributed by atoms with E-state index in [9.17, 15) is 8.42 Å². The largest absolute Gasteiger partial charge is 0.376 e. The molecule has 1 unspecified atom stereocenters. The van der Waals surface area contributed by atoms with Crippen LogP contribution in [-0.2, 0) is 21.4 Å². The van der Waals surface area contributed by atoms with Crippen LogP contribution in [0.2, 0.25) is 0 Å². The zero-order valence-electron chi connectivity index (χ0n) is 17.8. The molecule has 1 aliphatic heterocycles. The van der Waals surface area contributed by atoms with Gasteiger partial charge in [-0.05, 0) is 32.8 Å². The molecule has 7 nitrogen and oxygen atoms in total. The molecule has 1 aromatic rings. The van der Waals surface area contributed by atoms with Gasteiger partial charge in [-0.2, -0.15) is 0 Å². The first kappa shape index (κ1) is 26.1. The second-order valence-electron chi connectivity index (χ2n) is 8.03. The normalized spacial score (nSPS) is 17.9. The molecule has 1 aliphatic rings. The molecule has 0 amide bonds. The maximum atomic E-state index is 11.5. The van der Waals surface area contributed by atoms with Gasteiger partial charge in [-0.15, -0.1) is 24.0 Å². The minimum absolute atomic E-state index is 0. The van der Waals surface area contributed by atoms with Crippen LogP contribution < -0.4 is 10.0 Å². The maximum Gasteiger partial charge on any atom is 0.209 e. The lowest BCUT2D eigenvalue weighted by Crippen LogP contribution is -2.47. The topological polar surface area (TPSA) is 83.0 Å². The van der Waals surface area contributed by atoms with Gasteiger partial charge in [-0.25, -0.2) is 13.1 Å². The molecule has 0 spiro atoms. The predicted octanol–water partition coefficient (Wildman–Crippen LogP) is 2.44. The number of sulfonamides is 1. The molecule has 29 heavy (non-hydrogen) atoms. The van der Waals surface area contributed by atoms with E-state index in [4.69, 9.17) is 4.74 Å². The molecular weight excluding hydrogens is 503 g/mol. The Morgan fingerprint density at radius 3 is 2.62 bits per heavy atom. The predicted molar refractivity (Wildman–Crippen MR) is 129 cm³/mol. The zero-order valence-corrected chi connectivity index (χ0v) is 21.0. The number of guanidine groups is 1. The molecule has 166 valence electrons. The van der Waals surface area contributed by atoms with Crippen LogP contribution in [0.5, 0.6) is 0 Å². The van der Waals surface area contributed by atoms with Gasteiger partial charge in [-0.1, -0.05) is 30.3 Å². The second-order valence-corrected chi connectivity index (χ2v) is 9.78. The van der Waals surface area contributed by atoms with Crippen LogP contribution in [0.3, 0.4) is 0 Å². The van der Waals surface area contributed by atoms with E-state index in [0.29, 0.717) is 19.1 Å². The number of rotatable bonds is 9. The molecule has 2 N–H and O–H groups in total. The minimum Gasteiger partial charge on any atom is -0.376 e. The molecule has 1 saturated heterocycles. The summed E-state index contributed by atoms with van der Waals surface area (Å²) >= 11 is 0. The number of nitrogens with one attached hydrogen (secondary N) is 2. The van der Waals surface area contributed by atoms with Crippen molar-refractivity contribution in [2.24, 2.45) is 10.9 Å². The molecule has 9 heteroatoms. The number of nitrogens with zero attached hydrogens (tertiary/aromatic N) is 2. The van der Waals surface area contributed by atoms with Crippen molar-refractivity contribution < 1.29 is 13.2 Å². The van der Waals surface area contributed by atoms with Gasteiger partial charge in [0.05, 0.1) is 26.0 Å². The molecule has 0 aromatic heterocycles. The Kier molecular flexibility index (Phi) is 10.9. The first-order valence-corrected chi connectivity index (χ1v) is 11.7. The fraction of sp³-hybridized carbons (Fsp3) is 0.650. The third-order valence-corrected chi connectivity index (χ3v) is 5.39. The van der Waals surface area contributed by atoms with E-state index < -0.39 is 15.6 Å². The second kappa shape index (κ2) is 12.1. The first-order valence-electron chi connectivity index (χ1n) is 9.82. The van der Waals surface area contributed by atoms with Gasteiger partial charge in [0, 0.05) is 31.1 Å². The SMILES string of the molecule is CCNC(=NCC(C)(C)NS(C)(=O)=O)N1CCC(COCc2ccccc2)C1.I. The lowest BCUT2D eigenvalue weighted by atomic mass is 10.1. The molecule has 2 rings (SSSR count). The van der Waals surface area contributed by atoms with E-state index in [1.54, 1.807) is 0 Å². The first-order chi connectivity index (χ1) is 13.2. The van der Waals surface area contributed by atoms with Crippen molar-refractivity contribution in [2.45, 2.75) is 39.3 Å². The highest BCUT2D eigenvalue weighted by Crippen LogP contribution is 2.18. The van der Waals surface area contributed by atoms with Crippen molar-refractivity contribution in [3.63, 3.8) is 0 Å². The van der Waals surface area contributed by atoms with Crippen LogP contribution >= 0.6 is 24.0 Å². The molecule has 1 atom stereocenters.